The number of fused-ring (bicyclic) bond motifs is 2. The molecule has 0 saturated carbocycles. The molecule has 2 amide bonds. The van der Waals surface area contributed by atoms with Gasteiger partial charge >= 0.3 is 0 Å². The number of nitrogens with one attached hydrogen (secondary N) is 1. The lowest BCUT2D eigenvalue weighted by atomic mass is 9.73. The fraction of sp³-hybridized carbons (Fsp3) is 0.444. The van der Waals surface area contributed by atoms with Crippen molar-refractivity contribution >= 4 is 17.6 Å². The highest BCUT2D eigenvalue weighted by Gasteiger charge is 2.46. The second-order valence-electron chi connectivity index (χ2n) is 10.1. The maximum atomic E-state index is 13.7. The van der Waals surface area contributed by atoms with Crippen LogP contribution in [0.1, 0.15) is 67.4 Å². The number of nitrogens with two attached hydrogens (primary N) is 1. The lowest BCUT2D eigenvalue weighted by Crippen LogP contribution is -2.59. The molecule has 0 bridgehead atoms. The summed E-state index contributed by atoms with van der Waals surface area (Å²) in [6, 6.07) is 16.9. The lowest BCUT2D eigenvalue weighted by molar-refractivity contribution is -0.139. The van der Waals surface area contributed by atoms with Gasteiger partial charge in [-0.15, -0.1) is 0 Å². The van der Waals surface area contributed by atoms with E-state index in [-0.39, 0.29) is 28.9 Å². The van der Waals surface area contributed by atoms with E-state index < -0.39 is 11.6 Å². The summed E-state index contributed by atoms with van der Waals surface area (Å²) in [6.07, 6.45) is 1.99. The van der Waals surface area contributed by atoms with Gasteiger partial charge in [0.15, 0.2) is 5.78 Å². The van der Waals surface area contributed by atoms with Crippen molar-refractivity contribution in [3.8, 4) is 0 Å². The van der Waals surface area contributed by atoms with Gasteiger partial charge in [0.05, 0.1) is 5.54 Å². The molecular weight excluding hydrogens is 414 g/mol. The molecule has 2 aromatic rings. The molecule has 3 N–H and O–H groups in total. The molecular formula is C27H33N3O3. The minimum absolute atomic E-state index is 0.101. The Morgan fingerprint density at radius 1 is 1.03 bits per heavy atom. The molecule has 1 heterocycles. The van der Waals surface area contributed by atoms with Crippen molar-refractivity contribution in [3.63, 3.8) is 0 Å². The predicted molar refractivity (Wildman–Crippen MR) is 128 cm³/mol. The number of amides is 2. The Balaban J connectivity index is 1.54. The van der Waals surface area contributed by atoms with E-state index in [1.807, 2.05) is 60.4 Å². The molecule has 2 atom stereocenters. The number of carbonyl (C=O) groups excluding carboxylic acids is 3. The SMILES string of the molecule is CC(c1ccccc1)C(NC(=O)C(C)(C)N)C(=O)N1CCC2(CC1)CC(=O)c1ccccc12. The number of hydrogen-bond acceptors (Lipinski definition) is 4. The quantitative estimate of drug-likeness (QED) is 0.736. The van der Waals surface area contributed by atoms with Crippen LogP contribution in [0.25, 0.3) is 0 Å². The third kappa shape index (κ3) is 4.44. The zero-order valence-corrected chi connectivity index (χ0v) is 19.6. The van der Waals surface area contributed by atoms with E-state index in [4.69, 9.17) is 5.73 Å². The Kier molecular flexibility index (Phi) is 6.14. The highest BCUT2D eigenvalue weighted by atomic mass is 16.2. The van der Waals surface area contributed by atoms with Gasteiger partial charge < -0.3 is 16.0 Å². The molecule has 1 aliphatic heterocycles. The first kappa shape index (κ1) is 23.2. The van der Waals surface area contributed by atoms with Crippen molar-refractivity contribution in [2.75, 3.05) is 13.1 Å². The summed E-state index contributed by atoms with van der Waals surface area (Å²) >= 11 is 0. The van der Waals surface area contributed by atoms with Crippen molar-refractivity contribution in [1.82, 2.24) is 10.2 Å². The molecule has 0 radical (unpaired) electrons. The molecule has 2 aliphatic rings. The third-order valence-corrected chi connectivity index (χ3v) is 7.29. The van der Waals surface area contributed by atoms with Crippen molar-refractivity contribution in [2.45, 2.75) is 62.9 Å². The molecule has 1 saturated heterocycles. The summed E-state index contributed by atoms with van der Waals surface area (Å²) in [7, 11) is 0. The summed E-state index contributed by atoms with van der Waals surface area (Å²) in [6.45, 7) is 6.34. The van der Waals surface area contributed by atoms with E-state index in [2.05, 4.69) is 11.4 Å². The third-order valence-electron chi connectivity index (χ3n) is 7.29. The van der Waals surface area contributed by atoms with Gasteiger partial charge in [-0.25, -0.2) is 0 Å². The monoisotopic (exact) mass is 447 g/mol. The van der Waals surface area contributed by atoms with Crippen LogP contribution in [0.4, 0.5) is 0 Å². The number of piperidine rings is 1. The average molecular weight is 448 g/mol. The first-order valence-electron chi connectivity index (χ1n) is 11.7. The normalized spacial score (nSPS) is 19.2. The number of hydrogen-bond donors (Lipinski definition) is 2. The van der Waals surface area contributed by atoms with Crippen molar-refractivity contribution in [1.29, 1.82) is 0 Å². The Hall–Kier alpha value is -2.99. The maximum absolute atomic E-state index is 13.7. The Bertz CT molecular complexity index is 1050. The molecule has 4 rings (SSSR count). The Morgan fingerprint density at radius 3 is 2.27 bits per heavy atom. The number of nitrogens with zero attached hydrogens (tertiary/aromatic N) is 1. The first-order chi connectivity index (χ1) is 15.6. The van der Waals surface area contributed by atoms with E-state index in [0.717, 1.165) is 29.5 Å². The van der Waals surface area contributed by atoms with Crippen LogP contribution in [0, 0.1) is 0 Å². The van der Waals surface area contributed by atoms with E-state index in [0.29, 0.717) is 19.5 Å². The van der Waals surface area contributed by atoms with Gasteiger partial charge in [0, 0.05) is 36.4 Å². The van der Waals surface area contributed by atoms with Crippen LogP contribution in [-0.2, 0) is 15.0 Å². The Morgan fingerprint density at radius 2 is 1.64 bits per heavy atom. The molecule has 174 valence electrons. The number of Topliss-reactive ketones (excluding diaryl/α,β-unsaturated/α-hetero) is 1. The van der Waals surface area contributed by atoms with Gasteiger partial charge in [0.1, 0.15) is 6.04 Å². The fourth-order valence-corrected chi connectivity index (χ4v) is 5.16. The highest BCUT2D eigenvalue weighted by Crippen LogP contribution is 2.46. The van der Waals surface area contributed by atoms with Gasteiger partial charge in [0.25, 0.3) is 0 Å². The van der Waals surface area contributed by atoms with Gasteiger partial charge in [-0.1, -0.05) is 61.5 Å². The van der Waals surface area contributed by atoms with Crippen molar-refractivity contribution < 1.29 is 14.4 Å². The van der Waals surface area contributed by atoms with Crippen LogP contribution in [0.2, 0.25) is 0 Å². The van der Waals surface area contributed by atoms with Crippen LogP contribution >= 0.6 is 0 Å². The first-order valence-corrected chi connectivity index (χ1v) is 11.7. The van der Waals surface area contributed by atoms with E-state index in [1.165, 1.54) is 0 Å². The largest absolute Gasteiger partial charge is 0.342 e. The predicted octanol–water partition coefficient (Wildman–Crippen LogP) is 3.16. The summed E-state index contributed by atoms with van der Waals surface area (Å²) in [5, 5.41) is 2.93. The van der Waals surface area contributed by atoms with Crippen LogP contribution in [0.5, 0.6) is 0 Å². The molecule has 0 aromatic heterocycles. The molecule has 1 spiro atoms. The standard InChI is InChI=1S/C27H33N3O3/c1-18(19-9-5-4-6-10-19)23(29-25(33)26(2,3)28)24(32)30-15-13-27(14-16-30)17-22(31)20-11-7-8-12-21(20)27/h4-12,18,23H,13-17,28H2,1-3H3,(H,29,33). The smallest absolute Gasteiger partial charge is 0.245 e. The topological polar surface area (TPSA) is 92.5 Å². The zero-order valence-electron chi connectivity index (χ0n) is 19.6. The highest BCUT2D eigenvalue weighted by molar-refractivity contribution is 6.02. The lowest BCUT2D eigenvalue weighted by Gasteiger charge is -2.41. The molecule has 1 fully saturated rings. The summed E-state index contributed by atoms with van der Waals surface area (Å²) < 4.78 is 0. The summed E-state index contributed by atoms with van der Waals surface area (Å²) in [4.78, 5) is 40.8. The van der Waals surface area contributed by atoms with E-state index >= 15 is 0 Å². The maximum Gasteiger partial charge on any atom is 0.245 e. The number of ketones is 1. The van der Waals surface area contributed by atoms with Crippen molar-refractivity contribution in [2.24, 2.45) is 5.73 Å². The van der Waals surface area contributed by atoms with Crippen LogP contribution < -0.4 is 11.1 Å². The average Bonchev–Trinajstić information content (AvgIpc) is 3.08. The molecule has 2 unspecified atom stereocenters. The van der Waals surface area contributed by atoms with Crippen molar-refractivity contribution in [3.05, 3.63) is 71.3 Å². The second-order valence-corrected chi connectivity index (χ2v) is 10.1. The van der Waals surface area contributed by atoms with Crippen LogP contribution in [0.15, 0.2) is 54.6 Å². The van der Waals surface area contributed by atoms with E-state index in [9.17, 15) is 14.4 Å². The number of benzene rings is 2. The van der Waals surface area contributed by atoms with E-state index in [1.54, 1.807) is 13.8 Å². The number of carbonyl (C=O) groups is 3. The van der Waals surface area contributed by atoms with Crippen LogP contribution in [-0.4, -0.2) is 47.2 Å². The second kappa shape index (κ2) is 8.75. The van der Waals surface area contributed by atoms with Gasteiger partial charge in [0.2, 0.25) is 11.8 Å². The molecule has 2 aromatic carbocycles. The molecule has 6 heteroatoms. The van der Waals surface area contributed by atoms with Gasteiger partial charge in [-0.05, 0) is 37.8 Å². The summed E-state index contributed by atoms with van der Waals surface area (Å²) in [5.74, 6) is -0.475. The number of likely N-dealkylation sites (tertiary alicyclic amines) is 1. The Labute approximate surface area is 195 Å². The molecule has 33 heavy (non-hydrogen) atoms. The minimum Gasteiger partial charge on any atom is -0.342 e. The minimum atomic E-state index is -1.09. The van der Waals surface area contributed by atoms with Gasteiger partial charge in [-0.3, -0.25) is 14.4 Å². The fourth-order valence-electron chi connectivity index (χ4n) is 5.16. The number of rotatable bonds is 5. The molecule has 6 nitrogen and oxygen atoms in total. The van der Waals surface area contributed by atoms with Crippen LogP contribution in [0.3, 0.4) is 0 Å². The van der Waals surface area contributed by atoms with Gasteiger partial charge in [-0.2, -0.15) is 0 Å². The molecule has 1 aliphatic carbocycles. The summed E-state index contributed by atoms with van der Waals surface area (Å²) in [5.41, 5.74) is 7.66. The zero-order chi connectivity index (χ0) is 23.8.